The molecule has 0 saturated heterocycles. The van der Waals surface area contributed by atoms with Gasteiger partial charge in [0, 0.05) is 12.6 Å². The van der Waals surface area contributed by atoms with Crippen LogP contribution in [0.15, 0.2) is 4.52 Å². The molecule has 0 aromatic carbocycles. The number of aromatic nitrogens is 2. The zero-order valence-corrected chi connectivity index (χ0v) is 11.8. The Bertz CT molecular complexity index is 444. The Morgan fingerprint density at radius 1 is 1.47 bits per heavy atom. The summed E-state index contributed by atoms with van der Waals surface area (Å²) in [5.74, 6) is 1.97. The van der Waals surface area contributed by atoms with Gasteiger partial charge in [0.2, 0.25) is 11.7 Å². The van der Waals surface area contributed by atoms with Crippen molar-refractivity contribution in [1.29, 1.82) is 0 Å². The van der Waals surface area contributed by atoms with Gasteiger partial charge in [-0.3, -0.25) is 0 Å². The molecule has 1 heterocycles. The van der Waals surface area contributed by atoms with Crippen molar-refractivity contribution in [2.24, 2.45) is 11.7 Å². The fraction of sp³-hybridized carbons (Fsp3) is 0.857. The molecule has 0 spiro atoms. The number of nitrogens with zero attached hydrogens (tertiary/aromatic N) is 2. The highest BCUT2D eigenvalue weighted by atomic mass is 16.5. The number of hydrogen-bond acceptors (Lipinski definition) is 5. The van der Waals surface area contributed by atoms with Gasteiger partial charge in [-0.1, -0.05) is 11.6 Å². The molecule has 0 bridgehead atoms. The first-order valence-corrected chi connectivity index (χ1v) is 7.36. The summed E-state index contributed by atoms with van der Waals surface area (Å²) in [6.07, 6.45) is 5.59. The van der Waals surface area contributed by atoms with E-state index < -0.39 is 0 Å². The van der Waals surface area contributed by atoms with Crippen molar-refractivity contribution >= 4 is 0 Å². The zero-order chi connectivity index (χ0) is 13.5. The molecule has 3 atom stereocenters. The standard InChI is InChI=1S/C14H23N3O2/c1-3-18-11(9-6-7-9)12-16-13(19-17-12)14(2)8-4-5-10(14)15/h9-11H,3-8,15H2,1-2H3. The van der Waals surface area contributed by atoms with E-state index in [2.05, 4.69) is 17.1 Å². The predicted molar refractivity (Wildman–Crippen MR) is 70.6 cm³/mol. The highest BCUT2D eigenvalue weighted by Gasteiger charge is 2.44. The van der Waals surface area contributed by atoms with E-state index in [9.17, 15) is 0 Å². The topological polar surface area (TPSA) is 74.2 Å². The summed E-state index contributed by atoms with van der Waals surface area (Å²) >= 11 is 0. The van der Waals surface area contributed by atoms with Gasteiger partial charge in [-0.25, -0.2) is 0 Å². The van der Waals surface area contributed by atoms with Crippen molar-refractivity contribution in [2.75, 3.05) is 6.61 Å². The lowest BCUT2D eigenvalue weighted by molar-refractivity contribution is 0.0384. The first-order chi connectivity index (χ1) is 9.15. The molecule has 106 valence electrons. The molecule has 2 N–H and O–H groups in total. The maximum atomic E-state index is 6.20. The summed E-state index contributed by atoms with van der Waals surface area (Å²) in [6, 6.07) is 0.118. The maximum Gasteiger partial charge on any atom is 0.234 e. The van der Waals surface area contributed by atoms with Crippen LogP contribution in [-0.2, 0) is 10.2 Å². The molecule has 1 aromatic heterocycles. The largest absolute Gasteiger partial charge is 0.370 e. The van der Waals surface area contributed by atoms with Crippen molar-refractivity contribution in [3.8, 4) is 0 Å². The Morgan fingerprint density at radius 3 is 2.84 bits per heavy atom. The van der Waals surface area contributed by atoms with Gasteiger partial charge in [0.15, 0.2) is 0 Å². The van der Waals surface area contributed by atoms with Crippen LogP contribution < -0.4 is 5.73 Å². The lowest BCUT2D eigenvalue weighted by Crippen LogP contribution is -2.38. The van der Waals surface area contributed by atoms with E-state index in [-0.39, 0.29) is 17.6 Å². The Hall–Kier alpha value is -0.940. The second-order valence-electron chi connectivity index (χ2n) is 6.09. The van der Waals surface area contributed by atoms with Crippen LogP contribution in [-0.4, -0.2) is 22.8 Å². The third-order valence-electron chi connectivity index (χ3n) is 4.61. The van der Waals surface area contributed by atoms with E-state index >= 15 is 0 Å². The minimum atomic E-state index is -0.161. The fourth-order valence-electron chi connectivity index (χ4n) is 3.04. The summed E-state index contributed by atoms with van der Waals surface area (Å²) in [7, 11) is 0. The van der Waals surface area contributed by atoms with Crippen LogP contribution in [0.3, 0.4) is 0 Å². The lowest BCUT2D eigenvalue weighted by Gasteiger charge is -2.23. The summed E-state index contributed by atoms with van der Waals surface area (Å²) in [4.78, 5) is 4.61. The van der Waals surface area contributed by atoms with Crippen molar-refractivity contribution in [1.82, 2.24) is 10.1 Å². The molecule has 3 rings (SSSR count). The quantitative estimate of drug-likeness (QED) is 0.884. The number of ether oxygens (including phenoxy) is 1. The van der Waals surface area contributed by atoms with Gasteiger partial charge in [0.1, 0.15) is 6.10 Å². The van der Waals surface area contributed by atoms with Crippen LogP contribution in [0.1, 0.15) is 63.8 Å². The van der Waals surface area contributed by atoms with E-state index in [4.69, 9.17) is 15.0 Å². The molecular weight excluding hydrogens is 242 g/mol. The summed E-state index contributed by atoms with van der Waals surface area (Å²) in [5.41, 5.74) is 6.04. The van der Waals surface area contributed by atoms with E-state index in [0.717, 1.165) is 19.3 Å². The highest BCUT2D eigenvalue weighted by molar-refractivity contribution is 5.13. The maximum absolute atomic E-state index is 6.20. The minimum Gasteiger partial charge on any atom is -0.370 e. The van der Waals surface area contributed by atoms with Gasteiger partial charge >= 0.3 is 0 Å². The average Bonchev–Trinajstić information content (AvgIpc) is 3.01. The van der Waals surface area contributed by atoms with Crippen LogP contribution in [0.4, 0.5) is 0 Å². The van der Waals surface area contributed by atoms with Gasteiger partial charge in [-0.05, 0) is 45.4 Å². The van der Waals surface area contributed by atoms with Crippen molar-refractivity contribution in [3.05, 3.63) is 11.7 Å². The summed E-state index contributed by atoms with van der Waals surface area (Å²) < 4.78 is 11.3. The molecule has 2 saturated carbocycles. The van der Waals surface area contributed by atoms with Gasteiger partial charge < -0.3 is 15.0 Å². The second kappa shape index (κ2) is 4.87. The third kappa shape index (κ3) is 2.30. The Balaban J connectivity index is 1.82. The van der Waals surface area contributed by atoms with E-state index in [0.29, 0.717) is 24.2 Å². The Labute approximate surface area is 113 Å². The van der Waals surface area contributed by atoms with Crippen LogP contribution >= 0.6 is 0 Å². The summed E-state index contributed by atoms with van der Waals surface area (Å²) in [6.45, 7) is 4.82. The Kier molecular flexibility index (Phi) is 3.35. The molecule has 0 aliphatic heterocycles. The molecule has 0 radical (unpaired) electrons. The first-order valence-electron chi connectivity index (χ1n) is 7.36. The normalized spacial score (nSPS) is 32.7. The average molecular weight is 265 g/mol. The van der Waals surface area contributed by atoms with Crippen molar-refractivity contribution in [2.45, 2.75) is 63.5 Å². The van der Waals surface area contributed by atoms with Crippen molar-refractivity contribution in [3.63, 3.8) is 0 Å². The zero-order valence-electron chi connectivity index (χ0n) is 11.8. The molecule has 0 amide bonds. The molecule has 5 nitrogen and oxygen atoms in total. The lowest BCUT2D eigenvalue weighted by atomic mass is 9.85. The van der Waals surface area contributed by atoms with Crippen LogP contribution in [0.5, 0.6) is 0 Å². The molecule has 19 heavy (non-hydrogen) atoms. The van der Waals surface area contributed by atoms with Gasteiger partial charge in [0.25, 0.3) is 0 Å². The SMILES string of the molecule is CCOC(c1noc(C2(C)CCCC2N)n1)C1CC1. The van der Waals surface area contributed by atoms with Crippen LogP contribution in [0.25, 0.3) is 0 Å². The summed E-state index contributed by atoms with van der Waals surface area (Å²) in [5, 5.41) is 4.15. The highest BCUT2D eigenvalue weighted by Crippen LogP contribution is 2.44. The van der Waals surface area contributed by atoms with Gasteiger partial charge in [-0.15, -0.1) is 0 Å². The van der Waals surface area contributed by atoms with Crippen LogP contribution in [0.2, 0.25) is 0 Å². The monoisotopic (exact) mass is 265 g/mol. The van der Waals surface area contributed by atoms with Crippen LogP contribution in [0, 0.1) is 5.92 Å². The van der Waals surface area contributed by atoms with E-state index in [1.807, 2.05) is 6.92 Å². The fourth-order valence-corrected chi connectivity index (χ4v) is 3.04. The van der Waals surface area contributed by atoms with Gasteiger partial charge in [0.05, 0.1) is 5.41 Å². The predicted octanol–water partition coefficient (Wildman–Crippen LogP) is 2.33. The molecular formula is C14H23N3O2. The first kappa shape index (κ1) is 13.1. The molecule has 2 aliphatic carbocycles. The molecule has 2 aliphatic rings. The Morgan fingerprint density at radius 2 is 2.26 bits per heavy atom. The number of rotatable bonds is 5. The second-order valence-corrected chi connectivity index (χ2v) is 6.09. The molecule has 5 heteroatoms. The smallest absolute Gasteiger partial charge is 0.234 e. The number of hydrogen-bond donors (Lipinski definition) is 1. The van der Waals surface area contributed by atoms with Crippen molar-refractivity contribution < 1.29 is 9.26 Å². The van der Waals surface area contributed by atoms with E-state index in [1.165, 1.54) is 12.8 Å². The number of nitrogens with two attached hydrogens (primary N) is 1. The molecule has 1 aromatic rings. The molecule has 2 fully saturated rings. The third-order valence-corrected chi connectivity index (χ3v) is 4.61. The van der Waals surface area contributed by atoms with Gasteiger partial charge in [-0.2, -0.15) is 4.98 Å². The van der Waals surface area contributed by atoms with E-state index in [1.54, 1.807) is 0 Å². The minimum absolute atomic E-state index is 0.00345. The molecule has 3 unspecified atom stereocenters.